The molecule has 0 saturated carbocycles. The van der Waals surface area contributed by atoms with Gasteiger partial charge in [0.2, 0.25) is 0 Å². The summed E-state index contributed by atoms with van der Waals surface area (Å²) >= 11 is 0. The predicted molar refractivity (Wildman–Crippen MR) is 68.8 cm³/mol. The first kappa shape index (κ1) is 9.86. The first-order chi connectivity index (χ1) is 7.93. The van der Waals surface area contributed by atoms with Crippen LogP contribution in [0.4, 0.5) is 0 Å². The molecule has 1 fully saturated rings. The van der Waals surface area contributed by atoms with E-state index in [4.69, 9.17) is 0 Å². The van der Waals surface area contributed by atoms with Crippen molar-refractivity contribution in [2.45, 2.75) is 18.8 Å². The molecule has 0 bridgehead atoms. The van der Waals surface area contributed by atoms with Crippen LogP contribution in [-0.2, 0) is 0 Å². The van der Waals surface area contributed by atoms with Gasteiger partial charge in [0.25, 0.3) is 0 Å². The zero-order valence-electron chi connectivity index (χ0n) is 9.45. The Morgan fingerprint density at radius 3 is 2.69 bits per heavy atom. The fourth-order valence-electron chi connectivity index (χ4n) is 2.60. The SMILES string of the molecule is c1ccc2cc([C@H]3CCCNC3)ccc2c1. The third kappa shape index (κ3) is 1.83. The highest BCUT2D eigenvalue weighted by Gasteiger charge is 2.14. The smallest absolute Gasteiger partial charge is 0.00201 e. The van der Waals surface area contributed by atoms with Crippen molar-refractivity contribution in [3.8, 4) is 0 Å². The van der Waals surface area contributed by atoms with Crippen LogP contribution in [0.1, 0.15) is 24.3 Å². The van der Waals surface area contributed by atoms with Crippen molar-refractivity contribution in [1.82, 2.24) is 5.32 Å². The molecule has 1 saturated heterocycles. The van der Waals surface area contributed by atoms with Crippen molar-refractivity contribution in [3.05, 3.63) is 48.0 Å². The Bertz CT molecular complexity index is 484. The highest BCUT2D eigenvalue weighted by Crippen LogP contribution is 2.26. The fourth-order valence-corrected chi connectivity index (χ4v) is 2.60. The molecule has 1 heterocycles. The Labute approximate surface area is 96.5 Å². The van der Waals surface area contributed by atoms with Gasteiger partial charge in [0.05, 0.1) is 0 Å². The summed E-state index contributed by atoms with van der Waals surface area (Å²) in [5, 5.41) is 6.19. The van der Waals surface area contributed by atoms with Crippen LogP contribution in [0, 0.1) is 0 Å². The van der Waals surface area contributed by atoms with Gasteiger partial charge in [-0.2, -0.15) is 0 Å². The summed E-state index contributed by atoms with van der Waals surface area (Å²) in [6, 6.07) is 15.5. The third-order valence-electron chi connectivity index (χ3n) is 3.54. The summed E-state index contributed by atoms with van der Waals surface area (Å²) in [6.07, 6.45) is 2.63. The molecule has 1 nitrogen and oxygen atoms in total. The van der Waals surface area contributed by atoms with Gasteiger partial charge >= 0.3 is 0 Å². The van der Waals surface area contributed by atoms with E-state index < -0.39 is 0 Å². The molecule has 0 aliphatic carbocycles. The maximum absolute atomic E-state index is 3.48. The maximum atomic E-state index is 3.48. The molecule has 0 radical (unpaired) electrons. The zero-order chi connectivity index (χ0) is 10.8. The van der Waals surface area contributed by atoms with Gasteiger partial charge in [0.15, 0.2) is 0 Å². The molecular weight excluding hydrogens is 194 g/mol. The van der Waals surface area contributed by atoms with E-state index in [2.05, 4.69) is 47.8 Å². The summed E-state index contributed by atoms with van der Waals surface area (Å²) in [4.78, 5) is 0. The van der Waals surface area contributed by atoms with Crippen molar-refractivity contribution < 1.29 is 0 Å². The van der Waals surface area contributed by atoms with E-state index in [-0.39, 0.29) is 0 Å². The van der Waals surface area contributed by atoms with Crippen molar-refractivity contribution >= 4 is 10.8 Å². The first-order valence-corrected chi connectivity index (χ1v) is 6.13. The largest absolute Gasteiger partial charge is 0.316 e. The minimum atomic E-state index is 0.707. The number of hydrogen-bond donors (Lipinski definition) is 1. The molecule has 1 N–H and O–H groups in total. The molecule has 16 heavy (non-hydrogen) atoms. The Morgan fingerprint density at radius 2 is 1.88 bits per heavy atom. The molecule has 82 valence electrons. The zero-order valence-corrected chi connectivity index (χ0v) is 9.45. The summed E-state index contributed by atoms with van der Waals surface area (Å²) in [6.45, 7) is 2.32. The molecule has 0 aromatic heterocycles. The van der Waals surface area contributed by atoms with Crippen LogP contribution in [0.2, 0.25) is 0 Å². The van der Waals surface area contributed by atoms with Crippen molar-refractivity contribution in [2.24, 2.45) is 0 Å². The van der Waals surface area contributed by atoms with Crippen LogP contribution in [0.15, 0.2) is 42.5 Å². The van der Waals surface area contributed by atoms with Crippen molar-refractivity contribution in [3.63, 3.8) is 0 Å². The van der Waals surface area contributed by atoms with Gasteiger partial charge in [-0.3, -0.25) is 0 Å². The minimum absolute atomic E-state index is 0.707. The quantitative estimate of drug-likeness (QED) is 0.763. The van der Waals surface area contributed by atoms with E-state index >= 15 is 0 Å². The topological polar surface area (TPSA) is 12.0 Å². The molecule has 2 aromatic rings. The lowest BCUT2D eigenvalue weighted by molar-refractivity contribution is 0.462. The molecule has 1 heteroatoms. The monoisotopic (exact) mass is 211 g/mol. The lowest BCUT2D eigenvalue weighted by Crippen LogP contribution is -2.28. The van der Waals surface area contributed by atoms with Gasteiger partial charge in [-0.25, -0.2) is 0 Å². The van der Waals surface area contributed by atoms with Crippen molar-refractivity contribution in [2.75, 3.05) is 13.1 Å². The summed E-state index contributed by atoms with van der Waals surface area (Å²) < 4.78 is 0. The van der Waals surface area contributed by atoms with Gasteiger partial charge in [0, 0.05) is 6.54 Å². The standard InChI is InChI=1S/C15H17N/c1-2-5-13-10-14(8-7-12(13)4-1)15-6-3-9-16-11-15/h1-2,4-5,7-8,10,15-16H,3,6,9,11H2/t15-/m0/s1. The van der Waals surface area contributed by atoms with E-state index in [0.717, 1.165) is 6.54 Å². The summed E-state index contributed by atoms with van der Waals surface area (Å²) in [5.74, 6) is 0.707. The average molecular weight is 211 g/mol. The number of nitrogens with one attached hydrogen (secondary N) is 1. The summed E-state index contributed by atoms with van der Waals surface area (Å²) in [7, 11) is 0. The van der Waals surface area contributed by atoms with Crippen molar-refractivity contribution in [1.29, 1.82) is 0 Å². The molecule has 3 rings (SSSR count). The van der Waals surface area contributed by atoms with E-state index in [0.29, 0.717) is 5.92 Å². The second-order valence-electron chi connectivity index (χ2n) is 4.65. The number of benzene rings is 2. The van der Waals surface area contributed by atoms with Crippen LogP contribution in [0.3, 0.4) is 0 Å². The summed E-state index contributed by atoms with van der Waals surface area (Å²) in [5.41, 5.74) is 1.49. The Hall–Kier alpha value is -1.34. The van der Waals surface area contributed by atoms with E-state index in [1.807, 2.05) is 0 Å². The van der Waals surface area contributed by atoms with Gasteiger partial charge < -0.3 is 5.32 Å². The maximum Gasteiger partial charge on any atom is 0.00201 e. The van der Waals surface area contributed by atoms with Gasteiger partial charge in [-0.05, 0) is 41.6 Å². The van der Waals surface area contributed by atoms with Crippen LogP contribution in [-0.4, -0.2) is 13.1 Å². The van der Waals surface area contributed by atoms with E-state index in [1.54, 1.807) is 0 Å². The number of hydrogen-bond acceptors (Lipinski definition) is 1. The van der Waals surface area contributed by atoms with Crippen LogP contribution in [0.5, 0.6) is 0 Å². The lowest BCUT2D eigenvalue weighted by Gasteiger charge is -2.23. The number of rotatable bonds is 1. The lowest BCUT2D eigenvalue weighted by atomic mass is 9.90. The first-order valence-electron chi connectivity index (χ1n) is 6.13. The molecule has 0 unspecified atom stereocenters. The van der Waals surface area contributed by atoms with Crippen LogP contribution in [0.25, 0.3) is 10.8 Å². The highest BCUT2D eigenvalue weighted by atomic mass is 14.9. The molecular formula is C15H17N. The third-order valence-corrected chi connectivity index (χ3v) is 3.54. The normalized spacial score (nSPS) is 21.1. The Balaban J connectivity index is 1.97. The molecule has 1 aliphatic rings. The fraction of sp³-hybridized carbons (Fsp3) is 0.333. The second kappa shape index (κ2) is 4.26. The number of piperidine rings is 1. The van der Waals surface area contributed by atoms with Crippen LogP contribution >= 0.6 is 0 Å². The molecule has 2 aromatic carbocycles. The molecule has 0 spiro atoms. The molecule has 0 amide bonds. The molecule has 1 atom stereocenters. The van der Waals surface area contributed by atoms with E-state index in [9.17, 15) is 0 Å². The predicted octanol–water partition coefficient (Wildman–Crippen LogP) is 3.31. The van der Waals surface area contributed by atoms with Crippen LogP contribution < -0.4 is 5.32 Å². The minimum Gasteiger partial charge on any atom is -0.316 e. The van der Waals surface area contributed by atoms with Gasteiger partial charge in [-0.1, -0.05) is 42.5 Å². The average Bonchev–Trinajstić information content (AvgIpc) is 2.39. The number of fused-ring (bicyclic) bond motifs is 1. The van der Waals surface area contributed by atoms with Gasteiger partial charge in [0.1, 0.15) is 0 Å². The Morgan fingerprint density at radius 1 is 1.00 bits per heavy atom. The second-order valence-corrected chi connectivity index (χ2v) is 4.65. The van der Waals surface area contributed by atoms with Gasteiger partial charge in [-0.15, -0.1) is 0 Å². The molecule has 1 aliphatic heterocycles. The van der Waals surface area contributed by atoms with E-state index in [1.165, 1.54) is 35.7 Å². The highest BCUT2D eigenvalue weighted by molar-refractivity contribution is 5.83. The Kier molecular flexibility index (Phi) is 2.63.